The minimum Gasteiger partial charge on any atom is -0.507 e. The molecule has 0 radical (unpaired) electrons. The first-order valence-corrected chi connectivity index (χ1v) is 5.49. The van der Waals surface area contributed by atoms with Crippen LogP contribution in [0.15, 0.2) is 47.0 Å². The van der Waals surface area contributed by atoms with Gasteiger partial charge in [-0.05, 0) is 18.2 Å². The van der Waals surface area contributed by atoms with Gasteiger partial charge in [-0.3, -0.25) is 10.1 Å². The van der Waals surface area contributed by atoms with Crippen molar-refractivity contribution in [1.82, 2.24) is 5.16 Å². The zero-order chi connectivity index (χ0) is 13.4. The summed E-state index contributed by atoms with van der Waals surface area (Å²) in [4.78, 5) is 10.3. The molecule has 94 valence electrons. The quantitative estimate of drug-likeness (QED) is 0.562. The molecule has 6 heteroatoms. The fraction of sp³-hybridized carbons (Fsp3) is 0. The highest BCUT2D eigenvalue weighted by Crippen LogP contribution is 2.34. The number of hydrogen-bond donors (Lipinski definition) is 1. The lowest BCUT2D eigenvalue weighted by Crippen LogP contribution is -1.87. The molecule has 3 aromatic rings. The number of aromatic hydroxyl groups is 1. The summed E-state index contributed by atoms with van der Waals surface area (Å²) in [6, 6.07) is 10.8. The Morgan fingerprint density at radius 1 is 1.21 bits per heavy atom. The normalized spacial score (nSPS) is 10.7. The first kappa shape index (κ1) is 11.2. The summed E-state index contributed by atoms with van der Waals surface area (Å²) in [6.07, 6.45) is 0. The van der Waals surface area contributed by atoms with Crippen LogP contribution in [-0.4, -0.2) is 15.2 Å². The van der Waals surface area contributed by atoms with Gasteiger partial charge in [0, 0.05) is 17.7 Å². The second kappa shape index (κ2) is 4.09. The summed E-state index contributed by atoms with van der Waals surface area (Å²) >= 11 is 0. The molecule has 1 heterocycles. The molecule has 0 aliphatic carbocycles. The van der Waals surface area contributed by atoms with Crippen LogP contribution in [0.3, 0.4) is 0 Å². The number of benzene rings is 2. The number of aromatic nitrogens is 1. The maximum atomic E-state index is 10.8. The van der Waals surface area contributed by atoms with Gasteiger partial charge in [-0.25, -0.2) is 0 Å². The Labute approximate surface area is 107 Å². The van der Waals surface area contributed by atoms with Gasteiger partial charge >= 0.3 is 0 Å². The van der Waals surface area contributed by atoms with Crippen molar-refractivity contribution in [3.05, 3.63) is 52.6 Å². The second-order valence-corrected chi connectivity index (χ2v) is 3.99. The number of phenolic OH excluding ortho intramolecular Hbond substituents is 1. The van der Waals surface area contributed by atoms with Crippen LogP contribution in [0, 0.1) is 10.1 Å². The van der Waals surface area contributed by atoms with Crippen molar-refractivity contribution in [1.29, 1.82) is 0 Å². The van der Waals surface area contributed by atoms with Gasteiger partial charge in [-0.2, -0.15) is 0 Å². The maximum Gasteiger partial charge on any atom is 0.270 e. The average molecular weight is 256 g/mol. The van der Waals surface area contributed by atoms with Crippen LogP contribution in [0.25, 0.3) is 22.2 Å². The largest absolute Gasteiger partial charge is 0.507 e. The number of nitrogens with zero attached hydrogens (tertiary/aromatic N) is 2. The molecular formula is C13H8N2O4. The second-order valence-electron chi connectivity index (χ2n) is 3.99. The van der Waals surface area contributed by atoms with E-state index in [1.54, 1.807) is 18.2 Å². The minimum atomic E-state index is -0.485. The summed E-state index contributed by atoms with van der Waals surface area (Å²) < 4.78 is 5.11. The lowest BCUT2D eigenvalue weighted by atomic mass is 10.1. The van der Waals surface area contributed by atoms with Crippen LogP contribution in [0.4, 0.5) is 5.69 Å². The Morgan fingerprint density at radius 3 is 2.74 bits per heavy atom. The highest BCUT2D eigenvalue weighted by Gasteiger charge is 2.16. The lowest BCUT2D eigenvalue weighted by Gasteiger charge is -1.99. The van der Waals surface area contributed by atoms with Gasteiger partial charge in [0.2, 0.25) is 0 Å². The number of hydrogen-bond acceptors (Lipinski definition) is 5. The van der Waals surface area contributed by atoms with E-state index in [1.165, 1.54) is 24.3 Å². The van der Waals surface area contributed by atoms with Crippen LogP contribution >= 0.6 is 0 Å². The molecule has 0 saturated carbocycles. The number of nitro benzene ring substituents is 1. The van der Waals surface area contributed by atoms with E-state index in [9.17, 15) is 15.2 Å². The fourth-order valence-electron chi connectivity index (χ4n) is 1.91. The van der Waals surface area contributed by atoms with Gasteiger partial charge in [-0.1, -0.05) is 17.3 Å². The van der Waals surface area contributed by atoms with Gasteiger partial charge in [0.05, 0.1) is 10.3 Å². The van der Waals surface area contributed by atoms with E-state index >= 15 is 0 Å². The molecule has 0 saturated heterocycles. The topological polar surface area (TPSA) is 89.4 Å². The lowest BCUT2D eigenvalue weighted by molar-refractivity contribution is -0.384. The van der Waals surface area contributed by atoms with Gasteiger partial charge in [0.1, 0.15) is 11.4 Å². The third-order valence-electron chi connectivity index (χ3n) is 2.82. The molecule has 0 fully saturated rings. The van der Waals surface area contributed by atoms with E-state index in [-0.39, 0.29) is 11.4 Å². The van der Waals surface area contributed by atoms with Crippen LogP contribution in [0.1, 0.15) is 0 Å². The number of rotatable bonds is 2. The molecule has 3 rings (SSSR count). The molecule has 0 amide bonds. The van der Waals surface area contributed by atoms with Crippen LogP contribution < -0.4 is 0 Å². The fourth-order valence-corrected chi connectivity index (χ4v) is 1.91. The van der Waals surface area contributed by atoms with Crippen molar-refractivity contribution in [2.45, 2.75) is 0 Å². The van der Waals surface area contributed by atoms with E-state index in [0.717, 1.165) is 0 Å². The number of fused-ring (bicyclic) bond motifs is 1. The van der Waals surface area contributed by atoms with Gasteiger partial charge in [0.25, 0.3) is 5.69 Å². The number of para-hydroxylation sites is 1. The first-order chi connectivity index (χ1) is 9.16. The zero-order valence-corrected chi connectivity index (χ0v) is 9.61. The molecule has 0 unspecified atom stereocenters. The van der Waals surface area contributed by atoms with Crippen molar-refractivity contribution in [2.24, 2.45) is 0 Å². The van der Waals surface area contributed by atoms with Crippen LogP contribution in [-0.2, 0) is 0 Å². The van der Waals surface area contributed by atoms with Gasteiger partial charge in [-0.15, -0.1) is 0 Å². The summed E-state index contributed by atoms with van der Waals surface area (Å²) in [6.45, 7) is 0. The Kier molecular flexibility index (Phi) is 2.42. The summed E-state index contributed by atoms with van der Waals surface area (Å²) in [5.41, 5.74) is 1.25. The van der Waals surface area contributed by atoms with Crippen molar-refractivity contribution >= 4 is 16.7 Å². The van der Waals surface area contributed by atoms with Crippen molar-refractivity contribution in [3.8, 4) is 17.0 Å². The highest BCUT2D eigenvalue weighted by molar-refractivity contribution is 5.94. The van der Waals surface area contributed by atoms with Gasteiger partial charge in [0.15, 0.2) is 5.58 Å². The predicted molar refractivity (Wildman–Crippen MR) is 67.8 cm³/mol. The van der Waals surface area contributed by atoms with Crippen LogP contribution in [0.5, 0.6) is 5.75 Å². The summed E-state index contributed by atoms with van der Waals surface area (Å²) in [5.74, 6) is 0.0456. The Hall–Kier alpha value is -2.89. The molecule has 0 aliphatic rings. The molecule has 1 aromatic heterocycles. The summed E-state index contributed by atoms with van der Waals surface area (Å²) in [5, 5.41) is 25.0. The minimum absolute atomic E-state index is 0.0456. The summed E-state index contributed by atoms with van der Waals surface area (Å²) in [7, 11) is 0. The molecule has 2 aromatic carbocycles. The number of nitro groups is 1. The Morgan fingerprint density at radius 2 is 2.00 bits per heavy atom. The Bertz CT molecular complexity index is 779. The monoisotopic (exact) mass is 256 g/mol. The smallest absolute Gasteiger partial charge is 0.270 e. The standard InChI is InChI=1S/C13H8N2O4/c16-11-4-2-1-3-9(11)13-10-7-8(15(17)18)5-6-12(10)19-14-13/h1-7,16H. The van der Waals surface area contributed by atoms with Crippen molar-refractivity contribution in [3.63, 3.8) is 0 Å². The molecule has 0 aliphatic heterocycles. The molecule has 0 bridgehead atoms. The molecule has 0 spiro atoms. The van der Waals surface area contributed by atoms with Crippen molar-refractivity contribution < 1.29 is 14.6 Å². The Balaban J connectivity index is 2.27. The highest BCUT2D eigenvalue weighted by atomic mass is 16.6. The molecular weight excluding hydrogens is 248 g/mol. The number of phenols is 1. The average Bonchev–Trinajstić information content (AvgIpc) is 2.82. The molecule has 19 heavy (non-hydrogen) atoms. The zero-order valence-electron chi connectivity index (χ0n) is 9.61. The van der Waals surface area contributed by atoms with E-state index in [1.807, 2.05) is 0 Å². The van der Waals surface area contributed by atoms with Crippen LogP contribution in [0.2, 0.25) is 0 Å². The van der Waals surface area contributed by atoms with Crippen molar-refractivity contribution in [2.75, 3.05) is 0 Å². The molecule has 6 nitrogen and oxygen atoms in total. The number of non-ortho nitro benzene ring substituents is 1. The van der Waals surface area contributed by atoms with E-state index < -0.39 is 4.92 Å². The predicted octanol–water partition coefficient (Wildman–Crippen LogP) is 3.11. The van der Waals surface area contributed by atoms with E-state index in [2.05, 4.69) is 5.16 Å². The van der Waals surface area contributed by atoms with E-state index in [0.29, 0.717) is 22.2 Å². The van der Waals surface area contributed by atoms with E-state index in [4.69, 9.17) is 4.52 Å². The SMILES string of the molecule is O=[N+]([O-])c1ccc2onc(-c3ccccc3O)c2c1. The third kappa shape index (κ3) is 1.79. The third-order valence-corrected chi connectivity index (χ3v) is 2.82. The van der Waals surface area contributed by atoms with Gasteiger partial charge < -0.3 is 9.63 Å². The maximum absolute atomic E-state index is 10.8. The first-order valence-electron chi connectivity index (χ1n) is 5.49. The molecule has 1 N–H and O–H groups in total. The molecule has 0 atom stereocenters.